The molecule has 17 heavy (non-hydrogen) atoms. The number of hydrogen-bond donors (Lipinski definition) is 0. The lowest BCUT2D eigenvalue weighted by atomic mass is 10.2. The van der Waals surface area contributed by atoms with Crippen molar-refractivity contribution in [3.63, 3.8) is 0 Å². The van der Waals surface area contributed by atoms with Gasteiger partial charge in [0.1, 0.15) is 0 Å². The summed E-state index contributed by atoms with van der Waals surface area (Å²) in [6, 6.07) is 8.69. The Balaban J connectivity index is 2.08. The molecule has 1 aromatic heterocycles. The molecule has 1 aliphatic rings. The minimum absolute atomic E-state index is 0.437. The molecule has 1 atom stereocenters. The third-order valence-electron chi connectivity index (χ3n) is 3.58. The van der Waals surface area contributed by atoms with Gasteiger partial charge in [-0.15, -0.1) is 11.6 Å². The minimum Gasteiger partial charge on any atom is -0.338 e. The van der Waals surface area contributed by atoms with Crippen LogP contribution in [0, 0.1) is 0 Å². The Morgan fingerprint density at radius 2 is 2.24 bits per heavy atom. The van der Waals surface area contributed by atoms with Gasteiger partial charge in [-0.2, -0.15) is 0 Å². The van der Waals surface area contributed by atoms with E-state index in [2.05, 4.69) is 34.7 Å². The number of rotatable bonds is 2. The van der Waals surface area contributed by atoms with Crippen molar-refractivity contribution in [2.24, 2.45) is 7.05 Å². The predicted molar refractivity (Wildman–Crippen MR) is 71.8 cm³/mol. The van der Waals surface area contributed by atoms with E-state index in [9.17, 15) is 0 Å². The lowest BCUT2D eigenvalue weighted by Crippen LogP contribution is -2.32. The van der Waals surface area contributed by atoms with Crippen LogP contribution in [0.3, 0.4) is 0 Å². The van der Waals surface area contributed by atoms with Gasteiger partial charge < -0.3 is 9.47 Å². The summed E-state index contributed by atoms with van der Waals surface area (Å²) < 4.78 is 2.17. The molecule has 1 fully saturated rings. The van der Waals surface area contributed by atoms with Crippen molar-refractivity contribution >= 4 is 28.6 Å². The summed E-state index contributed by atoms with van der Waals surface area (Å²) in [4.78, 5) is 7.06. The molecule has 1 aliphatic heterocycles. The van der Waals surface area contributed by atoms with E-state index in [0.29, 0.717) is 11.9 Å². The number of alkyl halides is 1. The van der Waals surface area contributed by atoms with Crippen LogP contribution >= 0.6 is 11.6 Å². The maximum atomic E-state index is 6.02. The zero-order chi connectivity index (χ0) is 11.8. The fraction of sp³-hybridized carbons (Fsp3) is 0.462. The first-order valence-corrected chi connectivity index (χ1v) is 6.59. The highest BCUT2D eigenvalue weighted by atomic mass is 35.5. The number of imidazole rings is 1. The predicted octanol–water partition coefficient (Wildman–Crippen LogP) is 2.78. The Bertz CT molecular complexity index is 534. The van der Waals surface area contributed by atoms with E-state index in [4.69, 9.17) is 16.6 Å². The van der Waals surface area contributed by atoms with Gasteiger partial charge in [-0.3, -0.25) is 0 Å². The topological polar surface area (TPSA) is 21.1 Å². The molecule has 4 heteroatoms. The molecule has 1 unspecified atom stereocenters. The monoisotopic (exact) mass is 249 g/mol. The van der Waals surface area contributed by atoms with Crippen LogP contribution in [0.4, 0.5) is 5.95 Å². The average Bonchev–Trinajstić information content (AvgIpc) is 2.94. The third-order valence-corrected chi connectivity index (χ3v) is 3.93. The SMILES string of the molecule is Cn1c(N2CCCC2CCl)nc2ccccc21. The fourth-order valence-electron chi connectivity index (χ4n) is 2.65. The van der Waals surface area contributed by atoms with Gasteiger partial charge in [-0.05, 0) is 25.0 Å². The van der Waals surface area contributed by atoms with E-state index in [1.54, 1.807) is 0 Å². The van der Waals surface area contributed by atoms with Crippen LogP contribution in [-0.4, -0.2) is 28.0 Å². The normalized spacial score (nSPS) is 20.4. The number of aryl methyl sites for hydroxylation is 1. The number of aromatic nitrogens is 2. The van der Waals surface area contributed by atoms with Gasteiger partial charge in [0.05, 0.1) is 11.0 Å². The van der Waals surface area contributed by atoms with Gasteiger partial charge in [0, 0.05) is 25.5 Å². The molecule has 0 aliphatic carbocycles. The highest BCUT2D eigenvalue weighted by Crippen LogP contribution is 2.28. The fourth-order valence-corrected chi connectivity index (χ4v) is 2.97. The second-order valence-corrected chi connectivity index (χ2v) is 4.91. The Hall–Kier alpha value is -1.22. The Labute approximate surface area is 106 Å². The number of halogens is 1. The minimum atomic E-state index is 0.437. The standard InChI is InChI=1S/C13H16ClN3/c1-16-12-7-3-2-6-11(12)15-13(16)17-8-4-5-10(17)9-14/h2-3,6-7,10H,4-5,8-9H2,1H3. The molecule has 3 nitrogen and oxygen atoms in total. The Kier molecular flexibility index (Phi) is 2.71. The van der Waals surface area contributed by atoms with Crippen LogP contribution in [-0.2, 0) is 7.05 Å². The summed E-state index contributed by atoms with van der Waals surface area (Å²) in [6.45, 7) is 1.06. The molecule has 0 saturated carbocycles. The van der Waals surface area contributed by atoms with E-state index in [0.717, 1.165) is 18.0 Å². The van der Waals surface area contributed by atoms with Crippen LogP contribution in [0.15, 0.2) is 24.3 Å². The van der Waals surface area contributed by atoms with Gasteiger partial charge in [0.2, 0.25) is 5.95 Å². The molecule has 2 aromatic rings. The summed E-state index contributed by atoms with van der Waals surface area (Å²) in [6.07, 6.45) is 2.38. The van der Waals surface area contributed by atoms with Gasteiger partial charge in [0.15, 0.2) is 0 Å². The molecular weight excluding hydrogens is 234 g/mol. The first-order chi connectivity index (χ1) is 8.31. The van der Waals surface area contributed by atoms with Crippen molar-refractivity contribution in [1.82, 2.24) is 9.55 Å². The molecule has 0 N–H and O–H groups in total. The smallest absolute Gasteiger partial charge is 0.206 e. The van der Waals surface area contributed by atoms with Gasteiger partial charge in [-0.25, -0.2) is 4.98 Å². The largest absolute Gasteiger partial charge is 0.338 e. The molecule has 1 saturated heterocycles. The first-order valence-electron chi connectivity index (χ1n) is 6.05. The molecule has 90 valence electrons. The van der Waals surface area contributed by atoms with Crippen LogP contribution in [0.5, 0.6) is 0 Å². The molecule has 0 bridgehead atoms. The van der Waals surface area contributed by atoms with Crippen LogP contribution < -0.4 is 4.90 Å². The third kappa shape index (κ3) is 1.69. The molecule has 0 radical (unpaired) electrons. The average molecular weight is 250 g/mol. The van der Waals surface area contributed by atoms with Crippen molar-refractivity contribution in [1.29, 1.82) is 0 Å². The molecule has 0 spiro atoms. The van der Waals surface area contributed by atoms with Gasteiger partial charge in [-0.1, -0.05) is 12.1 Å². The van der Waals surface area contributed by atoms with Crippen molar-refractivity contribution in [3.05, 3.63) is 24.3 Å². The number of anilines is 1. The summed E-state index contributed by atoms with van der Waals surface area (Å²) in [5.41, 5.74) is 2.24. The zero-order valence-corrected chi connectivity index (χ0v) is 10.7. The molecule has 0 amide bonds. The summed E-state index contributed by atoms with van der Waals surface area (Å²) in [7, 11) is 2.08. The van der Waals surface area contributed by atoms with Crippen molar-refractivity contribution in [2.75, 3.05) is 17.3 Å². The van der Waals surface area contributed by atoms with Crippen molar-refractivity contribution < 1.29 is 0 Å². The van der Waals surface area contributed by atoms with Gasteiger partial charge in [0.25, 0.3) is 0 Å². The number of nitrogens with zero attached hydrogens (tertiary/aromatic N) is 3. The second-order valence-electron chi connectivity index (χ2n) is 4.60. The van der Waals surface area contributed by atoms with E-state index >= 15 is 0 Å². The molecular formula is C13H16ClN3. The van der Waals surface area contributed by atoms with E-state index < -0.39 is 0 Å². The van der Waals surface area contributed by atoms with E-state index in [1.807, 2.05) is 6.07 Å². The number of fused-ring (bicyclic) bond motifs is 1. The maximum absolute atomic E-state index is 6.02. The quantitative estimate of drug-likeness (QED) is 0.764. The highest BCUT2D eigenvalue weighted by molar-refractivity contribution is 6.18. The number of para-hydroxylation sites is 2. The number of hydrogen-bond acceptors (Lipinski definition) is 2. The molecule has 3 rings (SSSR count). The summed E-state index contributed by atoms with van der Waals surface area (Å²) in [5, 5.41) is 0. The first kappa shape index (κ1) is 10.9. The zero-order valence-electron chi connectivity index (χ0n) is 9.93. The summed E-state index contributed by atoms with van der Waals surface area (Å²) in [5.74, 6) is 1.73. The Morgan fingerprint density at radius 1 is 1.41 bits per heavy atom. The van der Waals surface area contributed by atoms with Gasteiger partial charge >= 0.3 is 0 Å². The lowest BCUT2D eigenvalue weighted by Gasteiger charge is -2.23. The second kappa shape index (κ2) is 4.22. The van der Waals surface area contributed by atoms with Crippen molar-refractivity contribution in [3.8, 4) is 0 Å². The lowest BCUT2D eigenvalue weighted by molar-refractivity contribution is 0.709. The van der Waals surface area contributed by atoms with E-state index in [1.165, 1.54) is 18.4 Å². The number of benzene rings is 1. The van der Waals surface area contributed by atoms with Crippen LogP contribution in [0.25, 0.3) is 11.0 Å². The van der Waals surface area contributed by atoms with Crippen molar-refractivity contribution in [2.45, 2.75) is 18.9 Å². The molecule has 2 heterocycles. The van der Waals surface area contributed by atoms with Crippen LogP contribution in [0.1, 0.15) is 12.8 Å². The highest BCUT2D eigenvalue weighted by Gasteiger charge is 2.27. The summed E-state index contributed by atoms with van der Waals surface area (Å²) >= 11 is 6.02. The molecule has 1 aromatic carbocycles. The maximum Gasteiger partial charge on any atom is 0.206 e. The van der Waals surface area contributed by atoms with E-state index in [-0.39, 0.29) is 0 Å². The van der Waals surface area contributed by atoms with Crippen LogP contribution in [0.2, 0.25) is 0 Å². The Morgan fingerprint density at radius 3 is 3.00 bits per heavy atom.